The minimum Gasteiger partial charge on any atom is -0.743 e. The molecule has 0 aliphatic heterocycles. The molecular weight excluding hydrogens is 513 g/mol. The van der Waals surface area contributed by atoms with E-state index in [0.717, 1.165) is 3.57 Å². The molecule has 0 heterocycles. The Morgan fingerprint density at radius 1 is 1.18 bits per heavy atom. The Morgan fingerprint density at radius 2 is 1.82 bits per heavy atom. The molecule has 0 fully saturated rings. The van der Waals surface area contributed by atoms with Crippen molar-refractivity contribution in [3.63, 3.8) is 0 Å². The number of methoxy groups -OCH3 is 1. The second kappa shape index (κ2) is 8.43. The number of hydrogen-bond acceptors (Lipinski definition) is 7. The Balaban J connectivity index is 2.36. The average molecular weight is 529 g/mol. The van der Waals surface area contributed by atoms with E-state index < -0.39 is 27.6 Å². The van der Waals surface area contributed by atoms with Crippen LogP contribution in [-0.4, -0.2) is 37.6 Å². The molecule has 0 saturated carbocycles. The first-order chi connectivity index (χ1) is 12.9. The lowest BCUT2D eigenvalue weighted by Gasteiger charge is -2.22. The molecule has 2 aromatic rings. The maximum atomic E-state index is 13.3. The Labute approximate surface area is 173 Å². The molecule has 1 atom stereocenters. The maximum Gasteiger partial charge on any atom is 0.429 e. The third-order valence-corrected chi connectivity index (χ3v) is 5.28. The van der Waals surface area contributed by atoms with E-state index in [-0.39, 0.29) is 11.7 Å². The number of benzene rings is 2. The lowest BCUT2D eigenvalue weighted by molar-refractivity contribution is -0.151. The van der Waals surface area contributed by atoms with Crippen molar-refractivity contribution in [2.75, 3.05) is 7.11 Å². The molecule has 2 aromatic carbocycles. The summed E-state index contributed by atoms with van der Waals surface area (Å²) in [5.41, 5.74) is 0. The van der Waals surface area contributed by atoms with Crippen molar-refractivity contribution in [3.8, 4) is 11.5 Å². The predicted octanol–water partition coefficient (Wildman–Crippen LogP) is 3.50. The molecule has 11 heteroatoms. The summed E-state index contributed by atoms with van der Waals surface area (Å²) in [5, 5.41) is -4.02. The standard InChI is InChI=1S/C17H17F2IO7S/c1-9(2)15(25-3)27-14-8-11-6-12(5-4-10(11)7-13(14)20)26-16(21)17(18,19)28(22,23)24/h4-9,15H,1-3H3,(H,22,23,24)/p-1. The molecule has 2 rings (SSSR count). The fraction of sp³-hybridized carbons (Fsp3) is 0.353. The van der Waals surface area contributed by atoms with E-state index in [1.807, 2.05) is 13.8 Å². The molecule has 1 unspecified atom stereocenters. The van der Waals surface area contributed by atoms with E-state index >= 15 is 0 Å². The Morgan fingerprint density at radius 3 is 2.36 bits per heavy atom. The van der Waals surface area contributed by atoms with Gasteiger partial charge in [-0.05, 0) is 57.6 Å². The van der Waals surface area contributed by atoms with Gasteiger partial charge in [-0.2, -0.15) is 8.78 Å². The number of rotatable bonds is 7. The number of halogens is 3. The van der Waals surface area contributed by atoms with Crippen molar-refractivity contribution in [2.24, 2.45) is 5.92 Å². The predicted molar refractivity (Wildman–Crippen MR) is 103 cm³/mol. The second-order valence-electron chi connectivity index (χ2n) is 6.12. The van der Waals surface area contributed by atoms with Gasteiger partial charge in [0.05, 0.1) is 3.57 Å². The van der Waals surface area contributed by atoms with Crippen molar-refractivity contribution in [1.82, 2.24) is 0 Å². The van der Waals surface area contributed by atoms with Crippen molar-refractivity contribution >= 4 is 49.5 Å². The first kappa shape index (κ1) is 22.7. The fourth-order valence-corrected chi connectivity index (χ4v) is 3.10. The van der Waals surface area contributed by atoms with Crippen LogP contribution in [0.3, 0.4) is 0 Å². The third kappa shape index (κ3) is 4.88. The number of carbonyl (C=O) groups excluding carboxylic acids is 1. The van der Waals surface area contributed by atoms with Crippen LogP contribution in [0.15, 0.2) is 30.3 Å². The van der Waals surface area contributed by atoms with Gasteiger partial charge in [0.1, 0.15) is 11.5 Å². The van der Waals surface area contributed by atoms with Gasteiger partial charge >= 0.3 is 11.2 Å². The minimum absolute atomic E-state index is 0.0556. The fourth-order valence-electron chi connectivity index (χ4n) is 2.23. The van der Waals surface area contributed by atoms with Gasteiger partial charge in [0.15, 0.2) is 10.1 Å². The highest BCUT2D eigenvalue weighted by Gasteiger charge is 2.48. The molecule has 0 N–H and O–H groups in total. The highest BCUT2D eigenvalue weighted by atomic mass is 127. The lowest BCUT2D eigenvalue weighted by atomic mass is 10.1. The smallest absolute Gasteiger partial charge is 0.429 e. The molecule has 0 amide bonds. The molecule has 0 aliphatic rings. The van der Waals surface area contributed by atoms with Gasteiger partial charge in [-0.15, -0.1) is 0 Å². The van der Waals surface area contributed by atoms with E-state index in [1.165, 1.54) is 25.3 Å². The Bertz CT molecular complexity index is 992. The van der Waals surface area contributed by atoms with E-state index in [4.69, 9.17) is 9.47 Å². The summed E-state index contributed by atoms with van der Waals surface area (Å²) in [6.07, 6.45) is -0.520. The van der Waals surface area contributed by atoms with Crippen LogP contribution in [0.1, 0.15) is 13.8 Å². The summed E-state index contributed by atoms with van der Waals surface area (Å²) in [5.74, 6) is -2.30. The number of esters is 1. The SMILES string of the molecule is COC(Oc1cc2cc(OC(=O)C(F)(F)S(=O)(=O)[O-])ccc2cc1I)C(C)C. The molecule has 0 aromatic heterocycles. The molecule has 0 aliphatic carbocycles. The molecule has 154 valence electrons. The van der Waals surface area contributed by atoms with E-state index in [9.17, 15) is 26.5 Å². The third-order valence-electron chi connectivity index (χ3n) is 3.64. The summed E-state index contributed by atoms with van der Waals surface area (Å²) in [6, 6.07) is 7.31. The monoisotopic (exact) mass is 529 g/mol. The zero-order valence-corrected chi connectivity index (χ0v) is 17.9. The first-order valence-electron chi connectivity index (χ1n) is 7.85. The van der Waals surface area contributed by atoms with Gasteiger partial charge in [-0.25, -0.2) is 13.2 Å². The van der Waals surface area contributed by atoms with E-state index in [1.54, 1.807) is 12.1 Å². The zero-order valence-electron chi connectivity index (χ0n) is 14.9. The Kier molecular flexibility index (Phi) is 6.84. The van der Waals surface area contributed by atoms with E-state index in [2.05, 4.69) is 27.3 Å². The van der Waals surface area contributed by atoms with Gasteiger partial charge in [0, 0.05) is 13.0 Å². The number of ether oxygens (including phenoxy) is 3. The van der Waals surface area contributed by atoms with Crippen molar-refractivity contribution in [1.29, 1.82) is 0 Å². The quantitative estimate of drug-likeness (QED) is 0.178. The molecule has 0 bridgehead atoms. The van der Waals surface area contributed by atoms with Crippen LogP contribution in [0.25, 0.3) is 10.8 Å². The highest BCUT2D eigenvalue weighted by Crippen LogP contribution is 2.32. The summed E-state index contributed by atoms with van der Waals surface area (Å²) >= 11 is 2.06. The normalized spacial score (nSPS) is 13.6. The summed E-state index contributed by atoms with van der Waals surface area (Å²) in [6.45, 7) is 3.81. The van der Waals surface area contributed by atoms with Crippen LogP contribution in [0, 0.1) is 9.49 Å². The molecule has 0 spiro atoms. The van der Waals surface area contributed by atoms with Crippen molar-refractivity contribution in [2.45, 2.75) is 25.4 Å². The second-order valence-corrected chi connectivity index (χ2v) is 8.70. The summed E-state index contributed by atoms with van der Waals surface area (Å²) in [7, 11) is -4.69. The van der Waals surface area contributed by atoms with Crippen LogP contribution in [-0.2, 0) is 19.6 Å². The molecule has 0 saturated heterocycles. The van der Waals surface area contributed by atoms with Gasteiger partial charge in [-0.1, -0.05) is 19.9 Å². The lowest BCUT2D eigenvalue weighted by Crippen LogP contribution is -2.40. The summed E-state index contributed by atoms with van der Waals surface area (Å²) < 4.78 is 74.4. The van der Waals surface area contributed by atoms with Crippen LogP contribution in [0.4, 0.5) is 8.78 Å². The van der Waals surface area contributed by atoms with Crippen LogP contribution < -0.4 is 9.47 Å². The topological polar surface area (TPSA) is 102 Å². The average Bonchev–Trinajstić information content (AvgIpc) is 2.58. The highest BCUT2D eigenvalue weighted by molar-refractivity contribution is 14.1. The number of carbonyl (C=O) groups is 1. The van der Waals surface area contributed by atoms with Gasteiger partial charge in [-0.3, -0.25) is 0 Å². The van der Waals surface area contributed by atoms with Gasteiger partial charge < -0.3 is 18.8 Å². The zero-order chi connectivity index (χ0) is 21.3. The minimum atomic E-state index is -6.19. The number of fused-ring (bicyclic) bond motifs is 1. The van der Waals surface area contributed by atoms with Crippen LogP contribution in [0.2, 0.25) is 0 Å². The first-order valence-corrected chi connectivity index (χ1v) is 10.3. The van der Waals surface area contributed by atoms with Crippen molar-refractivity contribution < 1.29 is 40.8 Å². The van der Waals surface area contributed by atoms with Crippen LogP contribution in [0.5, 0.6) is 11.5 Å². The van der Waals surface area contributed by atoms with Crippen molar-refractivity contribution in [3.05, 3.63) is 33.9 Å². The largest absolute Gasteiger partial charge is 0.743 e. The van der Waals surface area contributed by atoms with E-state index in [0.29, 0.717) is 16.5 Å². The van der Waals surface area contributed by atoms with Crippen LogP contribution >= 0.6 is 22.6 Å². The summed E-state index contributed by atoms with van der Waals surface area (Å²) in [4.78, 5) is 11.4. The maximum absolute atomic E-state index is 13.3. The molecular formula is C17H16F2IO7S-. The van der Waals surface area contributed by atoms with Gasteiger partial charge in [0.2, 0.25) is 6.29 Å². The van der Waals surface area contributed by atoms with Gasteiger partial charge in [0.25, 0.3) is 0 Å². The number of alkyl halides is 2. The molecule has 7 nitrogen and oxygen atoms in total. The Hall–Kier alpha value is -1.57. The molecule has 28 heavy (non-hydrogen) atoms. The molecule has 0 radical (unpaired) electrons. The number of hydrogen-bond donors (Lipinski definition) is 0.